The maximum Gasteiger partial charge on any atom is 0.183 e. The van der Waals surface area contributed by atoms with Crippen LogP contribution < -0.4 is 0 Å². The smallest absolute Gasteiger partial charge is 0.183 e. The summed E-state index contributed by atoms with van der Waals surface area (Å²) in [5.41, 5.74) is 0. The van der Waals surface area contributed by atoms with Gasteiger partial charge in [-0.2, -0.15) is 0 Å². The van der Waals surface area contributed by atoms with Gasteiger partial charge in [-0.25, -0.2) is 0 Å². The van der Waals surface area contributed by atoms with Crippen molar-refractivity contribution in [2.75, 3.05) is 40.0 Å². The van der Waals surface area contributed by atoms with Crippen molar-refractivity contribution in [3.05, 3.63) is 0 Å². The minimum atomic E-state index is 0.405. The van der Waals surface area contributed by atoms with Crippen LogP contribution in [-0.4, -0.2) is 49.9 Å². The molecular weight excluding hydrogens is 224 g/mol. The average Bonchev–Trinajstić information content (AvgIpc) is 2.28. The Labute approximate surface area is 103 Å². The van der Waals surface area contributed by atoms with Crippen LogP contribution >= 0.6 is 12.6 Å². The molecule has 0 fully saturated rings. The van der Waals surface area contributed by atoms with Crippen molar-refractivity contribution >= 4 is 17.7 Å². The quantitative estimate of drug-likeness (QED) is 0.174. The molecule has 0 heterocycles. The summed E-state index contributed by atoms with van der Waals surface area (Å²) in [5.74, 6) is 5.38. The molecule has 0 aliphatic rings. The monoisotopic (exact) mass is 244 g/mol. The van der Waals surface area contributed by atoms with Crippen LogP contribution in [0.25, 0.3) is 0 Å². The Morgan fingerprint density at radius 1 is 1.38 bits per heavy atom. The van der Waals surface area contributed by atoms with Gasteiger partial charge in [-0.3, -0.25) is 4.90 Å². The van der Waals surface area contributed by atoms with E-state index >= 15 is 0 Å². The van der Waals surface area contributed by atoms with Crippen LogP contribution in [0.3, 0.4) is 0 Å². The van der Waals surface area contributed by atoms with Crippen LogP contribution in [0, 0.1) is 11.8 Å². The van der Waals surface area contributed by atoms with Crippen molar-refractivity contribution in [2.24, 2.45) is 5.16 Å². The van der Waals surface area contributed by atoms with E-state index in [-0.39, 0.29) is 0 Å². The fraction of sp³-hybridized carbons (Fsp3) is 0.727. The first-order chi connectivity index (χ1) is 7.74. The summed E-state index contributed by atoms with van der Waals surface area (Å²) >= 11 is 4.03. The lowest BCUT2D eigenvalue weighted by Gasteiger charge is -2.18. The maximum atomic E-state index is 5.09. The van der Waals surface area contributed by atoms with Crippen molar-refractivity contribution in [3.63, 3.8) is 0 Å². The van der Waals surface area contributed by atoms with Crippen LogP contribution in [0.5, 0.6) is 0 Å². The molecule has 0 saturated carbocycles. The second kappa shape index (κ2) is 10.8. The summed E-state index contributed by atoms with van der Waals surface area (Å²) in [4.78, 5) is 7.31. The zero-order valence-corrected chi connectivity index (χ0v) is 11.1. The average molecular weight is 244 g/mol. The summed E-state index contributed by atoms with van der Waals surface area (Å²) < 4.78 is 5.01. The van der Waals surface area contributed by atoms with Gasteiger partial charge in [0.15, 0.2) is 5.04 Å². The molecule has 16 heavy (non-hydrogen) atoms. The molecule has 0 N–H and O–H groups in total. The predicted molar refractivity (Wildman–Crippen MR) is 69.8 cm³/mol. The van der Waals surface area contributed by atoms with E-state index in [2.05, 4.69) is 41.4 Å². The van der Waals surface area contributed by atoms with E-state index in [1.165, 1.54) is 0 Å². The molecule has 0 amide bonds. The number of nitrogens with zero attached hydrogens (tertiary/aromatic N) is 2. The molecule has 0 unspecified atom stereocenters. The van der Waals surface area contributed by atoms with Gasteiger partial charge >= 0.3 is 0 Å². The van der Waals surface area contributed by atoms with Crippen LogP contribution in [0.4, 0.5) is 0 Å². The highest BCUT2D eigenvalue weighted by molar-refractivity contribution is 7.97. The second-order valence-corrected chi connectivity index (χ2v) is 3.47. The lowest BCUT2D eigenvalue weighted by molar-refractivity contribution is 0.0957. The van der Waals surface area contributed by atoms with Crippen LogP contribution in [0.2, 0.25) is 0 Å². The topological polar surface area (TPSA) is 34.1 Å². The first-order valence-electron chi connectivity index (χ1n) is 5.27. The number of methoxy groups -OCH3 is 1. The van der Waals surface area contributed by atoms with E-state index in [4.69, 9.17) is 9.57 Å². The van der Waals surface area contributed by atoms with Gasteiger partial charge < -0.3 is 9.57 Å². The van der Waals surface area contributed by atoms with Crippen LogP contribution in [-0.2, 0) is 9.57 Å². The van der Waals surface area contributed by atoms with E-state index in [1.54, 1.807) is 14.0 Å². The van der Waals surface area contributed by atoms with Gasteiger partial charge in [0.05, 0.1) is 6.61 Å². The minimum Gasteiger partial charge on any atom is -0.393 e. The first-order valence-corrected chi connectivity index (χ1v) is 5.72. The van der Waals surface area contributed by atoms with Crippen molar-refractivity contribution in [2.45, 2.75) is 13.8 Å². The summed E-state index contributed by atoms with van der Waals surface area (Å²) in [7, 11) is 1.70. The summed E-state index contributed by atoms with van der Waals surface area (Å²) in [5, 5.41) is 4.15. The van der Waals surface area contributed by atoms with Gasteiger partial charge in [0.25, 0.3) is 0 Å². The maximum absolute atomic E-state index is 5.09. The number of oxime groups is 1. The third-order valence-electron chi connectivity index (χ3n) is 1.95. The molecule has 0 bridgehead atoms. The van der Waals surface area contributed by atoms with Gasteiger partial charge in [-0.15, -0.1) is 12.6 Å². The zero-order chi connectivity index (χ0) is 12.2. The second-order valence-electron chi connectivity index (χ2n) is 3.05. The fourth-order valence-corrected chi connectivity index (χ4v) is 1.23. The first kappa shape index (κ1) is 15.3. The number of likely N-dealkylation sites (N-methyl/N-ethyl adjacent to an activating group) is 1. The molecule has 0 aromatic rings. The molecule has 0 rings (SSSR count). The highest BCUT2D eigenvalue weighted by atomic mass is 32.1. The lowest BCUT2D eigenvalue weighted by atomic mass is 10.5. The predicted octanol–water partition coefficient (Wildman–Crippen LogP) is 1.24. The van der Waals surface area contributed by atoms with Crippen molar-refractivity contribution in [3.8, 4) is 11.8 Å². The summed E-state index contributed by atoms with van der Waals surface area (Å²) in [6.45, 7) is 7.80. The molecule has 0 saturated heterocycles. The zero-order valence-electron chi connectivity index (χ0n) is 10.2. The molecule has 4 nitrogen and oxygen atoms in total. The van der Waals surface area contributed by atoms with Gasteiger partial charge in [0.1, 0.15) is 6.61 Å². The Morgan fingerprint density at radius 3 is 2.62 bits per heavy atom. The Hall–Kier alpha value is -0.700. The van der Waals surface area contributed by atoms with E-state index in [9.17, 15) is 0 Å². The number of ether oxygens (including phenoxy) is 1. The molecule has 0 aromatic heterocycles. The highest BCUT2D eigenvalue weighted by Gasteiger charge is 2.01. The number of hydrogen-bond donors (Lipinski definition) is 1. The Balaban J connectivity index is 3.68. The van der Waals surface area contributed by atoms with Gasteiger partial charge in [0.2, 0.25) is 0 Å². The van der Waals surface area contributed by atoms with Crippen molar-refractivity contribution < 1.29 is 9.57 Å². The molecule has 0 spiro atoms. The Morgan fingerprint density at radius 2 is 2.06 bits per heavy atom. The van der Waals surface area contributed by atoms with Gasteiger partial charge in [0, 0.05) is 20.2 Å². The molecular formula is C11H20N2O2S. The number of hydrogen-bond acceptors (Lipinski definition) is 4. The molecule has 0 aliphatic heterocycles. The van der Waals surface area contributed by atoms with Crippen LogP contribution in [0.15, 0.2) is 5.16 Å². The fourth-order valence-electron chi connectivity index (χ4n) is 1.06. The van der Waals surface area contributed by atoms with Gasteiger partial charge in [-0.1, -0.05) is 18.0 Å². The van der Waals surface area contributed by atoms with E-state index < -0.39 is 0 Å². The Bertz CT molecular complexity index is 258. The SMILES string of the molecule is CC#C/C(S)=N\OCCN(CC)CCOC. The van der Waals surface area contributed by atoms with E-state index in [1.807, 2.05) is 0 Å². The third kappa shape index (κ3) is 8.60. The summed E-state index contributed by atoms with van der Waals surface area (Å²) in [6.07, 6.45) is 0. The highest BCUT2D eigenvalue weighted by Crippen LogP contribution is 1.90. The largest absolute Gasteiger partial charge is 0.393 e. The lowest BCUT2D eigenvalue weighted by Crippen LogP contribution is -2.30. The molecule has 0 atom stereocenters. The number of rotatable bonds is 8. The third-order valence-corrected chi connectivity index (χ3v) is 2.14. The van der Waals surface area contributed by atoms with Crippen molar-refractivity contribution in [1.29, 1.82) is 0 Å². The van der Waals surface area contributed by atoms with E-state index in [0.717, 1.165) is 26.2 Å². The molecule has 0 aromatic carbocycles. The minimum absolute atomic E-state index is 0.405. The van der Waals surface area contributed by atoms with Crippen LogP contribution in [0.1, 0.15) is 13.8 Å². The number of thiol groups is 1. The Kier molecular flexibility index (Phi) is 10.3. The van der Waals surface area contributed by atoms with E-state index in [0.29, 0.717) is 11.7 Å². The normalized spacial score (nSPS) is 11.2. The van der Waals surface area contributed by atoms with Crippen molar-refractivity contribution in [1.82, 2.24) is 4.90 Å². The standard InChI is InChI=1S/C11H20N2O2S/c1-4-6-11(16)12-15-10-8-13(5-2)7-9-14-3/h5,7-10H2,1-3H3,(H,12,16). The molecule has 5 heteroatoms. The molecule has 92 valence electrons. The van der Waals surface area contributed by atoms with Gasteiger partial charge in [-0.05, 0) is 19.4 Å². The molecule has 0 aliphatic carbocycles. The molecule has 0 radical (unpaired) electrons. The summed E-state index contributed by atoms with van der Waals surface area (Å²) in [6, 6.07) is 0.